The highest BCUT2D eigenvalue weighted by atomic mass is 32.1. The molecular formula is C14H20N4OS. The minimum absolute atomic E-state index is 0.0876. The highest BCUT2D eigenvalue weighted by molar-refractivity contribution is 7.16. The number of hydrogen-bond acceptors (Lipinski definition) is 5. The molecule has 2 atom stereocenters. The second-order valence-corrected chi connectivity index (χ2v) is 7.11. The molecule has 1 saturated heterocycles. The number of likely N-dealkylation sites (tertiary alicyclic amines) is 1. The smallest absolute Gasteiger partial charge is 0.275 e. The number of fused-ring (bicyclic) bond motifs is 1. The van der Waals surface area contributed by atoms with E-state index < -0.39 is 0 Å². The maximum absolute atomic E-state index is 11.9. The standard InChI is InChI=1S/C14H20N4OS/c1-9-4-10(2)7-17(6-9)8-12-16-18-13(19)5-11(3)15-14(18)20-12/h5,9-10H,4,6-8H2,1-3H3/t9-,10+. The fourth-order valence-electron chi connectivity index (χ4n) is 3.14. The highest BCUT2D eigenvalue weighted by Crippen LogP contribution is 2.23. The van der Waals surface area contributed by atoms with Crippen LogP contribution in [-0.2, 0) is 6.54 Å². The second kappa shape index (κ2) is 5.26. The van der Waals surface area contributed by atoms with Crippen molar-refractivity contribution in [2.24, 2.45) is 11.8 Å². The van der Waals surface area contributed by atoms with Crippen LogP contribution < -0.4 is 5.56 Å². The topological polar surface area (TPSA) is 50.5 Å². The van der Waals surface area contributed by atoms with Gasteiger partial charge in [-0.2, -0.15) is 9.61 Å². The van der Waals surface area contributed by atoms with Crippen LogP contribution in [0.1, 0.15) is 31.0 Å². The summed E-state index contributed by atoms with van der Waals surface area (Å²) in [6.07, 6.45) is 1.30. The van der Waals surface area contributed by atoms with Gasteiger partial charge in [0, 0.05) is 24.8 Å². The van der Waals surface area contributed by atoms with Crippen molar-refractivity contribution in [2.75, 3.05) is 13.1 Å². The van der Waals surface area contributed by atoms with Crippen molar-refractivity contribution in [3.05, 3.63) is 27.1 Å². The summed E-state index contributed by atoms with van der Waals surface area (Å²) in [4.78, 5) is 19.4. The van der Waals surface area contributed by atoms with Gasteiger partial charge in [0.1, 0.15) is 5.01 Å². The minimum Gasteiger partial charge on any atom is -0.296 e. The predicted molar refractivity (Wildman–Crippen MR) is 80.1 cm³/mol. The summed E-state index contributed by atoms with van der Waals surface area (Å²) in [5, 5.41) is 5.39. The van der Waals surface area contributed by atoms with Crippen molar-refractivity contribution in [1.82, 2.24) is 19.5 Å². The first-order valence-electron chi connectivity index (χ1n) is 7.10. The Morgan fingerprint density at radius 1 is 1.35 bits per heavy atom. The summed E-state index contributed by atoms with van der Waals surface area (Å²) >= 11 is 1.52. The lowest BCUT2D eigenvalue weighted by Gasteiger charge is -2.34. The van der Waals surface area contributed by atoms with E-state index in [-0.39, 0.29) is 5.56 Å². The van der Waals surface area contributed by atoms with Gasteiger partial charge >= 0.3 is 0 Å². The first-order valence-corrected chi connectivity index (χ1v) is 7.91. The maximum Gasteiger partial charge on any atom is 0.275 e. The summed E-state index contributed by atoms with van der Waals surface area (Å²) in [6.45, 7) is 9.49. The molecule has 2 aromatic heterocycles. The summed E-state index contributed by atoms with van der Waals surface area (Å²) in [7, 11) is 0. The minimum atomic E-state index is -0.0876. The molecule has 6 heteroatoms. The Morgan fingerprint density at radius 3 is 2.75 bits per heavy atom. The Morgan fingerprint density at radius 2 is 2.05 bits per heavy atom. The SMILES string of the molecule is Cc1cc(=O)n2nc(CN3C[C@H](C)C[C@H](C)C3)sc2n1. The Bertz CT molecular complexity index is 667. The fraction of sp³-hybridized carbons (Fsp3) is 0.643. The van der Waals surface area contributed by atoms with E-state index in [1.54, 1.807) is 0 Å². The lowest BCUT2D eigenvalue weighted by Crippen LogP contribution is -2.38. The van der Waals surface area contributed by atoms with E-state index in [0.29, 0.717) is 4.96 Å². The molecule has 0 radical (unpaired) electrons. The molecule has 0 unspecified atom stereocenters. The van der Waals surface area contributed by atoms with E-state index in [9.17, 15) is 4.79 Å². The van der Waals surface area contributed by atoms with Crippen molar-refractivity contribution in [2.45, 2.75) is 33.7 Å². The molecule has 0 N–H and O–H groups in total. The Kier molecular flexibility index (Phi) is 3.60. The molecule has 3 rings (SSSR count). The van der Waals surface area contributed by atoms with Gasteiger partial charge in [0.2, 0.25) is 4.96 Å². The van der Waals surface area contributed by atoms with Crippen LogP contribution in [0.15, 0.2) is 10.9 Å². The lowest BCUT2D eigenvalue weighted by molar-refractivity contribution is 0.134. The zero-order chi connectivity index (χ0) is 14.3. The molecule has 5 nitrogen and oxygen atoms in total. The highest BCUT2D eigenvalue weighted by Gasteiger charge is 2.22. The van der Waals surface area contributed by atoms with Crippen LogP contribution in [0.2, 0.25) is 0 Å². The molecule has 1 aliphatic rings. The summed E-state index contributed by atoms with van der Waals surface area (Å²) < 4.78 is 1.42. The van der Waals surface area contributed by atoms with Crippen LogP contribution in [0, 0.1) is 18.8 Å². The van der Waals surface area contributed by atoms with Crippen LogP contribution in [0.25, 0.3) is 4.96 Å². The van der Waals surface area contributed by atoms with Gasteiger partial charge < -0.3 is 0 Å². The van der Waals surface area contributed by atoms with E-state index in [1.807, 2.05) is 6.92 Å². The molecule has 0 saturated carbocycles. The molecule has 0 aliphatic carbocycles. The van der Waals surface area contributed by atoms with E-state index >= 15 is 0 Å². The van der Waals surface area contributed by atoms with Crippen molar-refractivity contribution >= 4 is 16.3 Å². The largest absolute Gasteiger partial charge is 0.296 e. The van der Waals surface area contributed by atoms with Crippen molar-refractivity contribution < 1.29 is 0 Å². The normalized spacial score (nSPS) is 24.4. The third-order valence-electron chi connectivity index (χ3n) is 3.72. The zero-order valence-corrected chi connectivity index (χ0v) is 13.0. The zero-order valence-electron chi connectivity index (χ0n) is 12.2. The van der Waals surface area contributed by atoms with E-state index in [0.717, 1.165) is 42.2 Å². The Hall–Kier alpha value is -1.27. The van der Waals surface area contributed by atoms with Crippen molar-refractivity contribution in [3.63, 3.8) is 0 Å². The third kappa shape index (κ3) is 2.76. The van der Waals surface area contributed by atoms with Crippen LogP contribution in [-0.4, -0.2) is 32.6 Å². The summed E-state index contributed by atoms with van der Waals surface area (Å²) in [5.74, 6) is 1.47. The molecule has 3 heterocycles. The van der Waals surface area contributed by atoms with Crippen molar-refractivity contribution in [3.8, 4) is 0 Å². The molecule has 1 fully saturated rings. The van der Waals surface area contributed by atoms with E-state index in [2.05, 4.69) is 28.8 Å². The molecular weight excluding hydrogens is 272 g/mol. The van der Waals surface area contributed by atoms with Crippen LogP contribution in [0.5, 0.6) is 0 Å². The van der Waals surface area contributed by atoms with Gasteiger partial charge in [-0.3, -0.25) is 9.69 Å². The fourth-order valence-corrected chi connectivity index (χ4v) is 4.12. The number of nitrogens with zero attached hydrogens (tertiary/aromatic N) is 4. The monoisotopic (exact) mass is 292 g/mol. The third-order valence-corrected chi connectivity index (χ3v) is 4.61. The van der Waals surface area contributed by atoms with Crippen LogP contribution in [0.3, 0.4) is 0 Å². The average Bonchev–Trinajstić information content (AvgIpc) is 2.70. The molecule has 1 aliphatic heterocycles. The molecule has 20 heavy (non-hydrogen) atoms. The molecule has 0 spiro atoms. The quantitative estimate of drug-likeness (QED) is 0.849. The molecule has 2 aromatic rings. The average molecular weight is 292 g/mol. The van der Waals surface area contributed by atoms with Crippen LogP contribution >= 0.6 is 11.3 Å². The Balaban J connectivity index is 1.84. The number of piperidine rings is 1. The van der Waals surface area contributed by atoms with Gasteiger partial charge in [0.25, 0.3) is 5.56 Å². The summed E-state index contributed by atoms with van der Waals surface area (Å²) in [5.41, 5.74) is 0.667. The molecule has 0 bridgehead atoms. The molecule has 0 amide bonds. The van der Waals surface area contributed by atoms with Gasteiger partial charge in [-0.05, 0) is 25.2 Å². The predicted octanol–water partition coefficient (Wildman–Crippen LogP) is 1.94. The first-order chi connectivity index (χ1) is 9.51. The van der Waals surface area contributed by atoms with Gasteiger partial charge in [0.15, 0.2) is 0 Å². The van der Waals surface area contributed by atoms with Gasteiger partial charge in [-0.1, -0.05) is 25.2 Å². The number of rotatable bonds is 2. The van der Waals surface area contributed by atoms with Gasteiger partial charge in [-0.25, -0.2) is 4.98 Å². The maximum atomic E-state index is 11.9. The number of aryl methyl sites for hydroxylation is 1. The van der Waals surface area contributed by atoms with Gasteiger partial charge in [0.05, 0.1) is 6.54 Å². The first kappa shape index (κ1) is 13.7. The molecule has 0 aromatic carbocycles. The second-order valence-electron chi connectivity index (χ2n) is 6.07. The number of hydrogen-bond donors (Lipinski definition) is 0. The molecule has 108 valence electrons. The number of aromatic nitrogens is 3. The van der Waals surface area contributed by atoms with E-state index in [1.165, 1.54) is 28.3 Å². The van der Waals surface area contributed by atoms with Gasteiger partial charge in [-0.15, -0.1) is 0 Å². The van der Waals surface area contributed by atoms with Crippen molar-refractivity contribution in [1.29, 1.82) is 0 Å². The van der Waals surface area contributed by atoms with E-state index in [4.69, 9.17) is 0 Å². The summed E-state index contributed by atoms with van der Waals surface area (Å²) in [6, 6.07) is 1.53. The lowest BCUT2D eigenvalue weighted by atomic mass is 9.92. The van der Waals surface area contributed by atoms with Crippen LogP contribution in [0.4, 0.5) is 0 Å². The Labute approximate surface area is 122 Å².